The summed E-state index contributed by atoms with van der Waals surface area (Å²) in [6, 6.07) is 12.3. The van der Waals surface area contributed by atoms with Gasteiger partial charge in [-0.15, -0.1) is 0 Å². The van der Waals surface area contributed by atoms with E-state index in [9.17, 15) is 16.8 Å². The monoisotopic (exact) mass is 644 g/mol. The Morgan fingerprint density at radius 1 is 0.703 bits per heavy atom. The van der Waals surface area contributed by atoms with Gasteiger partial charge in [0.05, 0.1) is 23.2 Å². The Balaban J connectivity index is 0.000000253. The fourth-order valence-corrected chi connectivity index (χ4v) is 4.86. The number of hydrogen-bond donors (Lipinski definition) is 2. The maximum atomic E-state index is 11.3. The van der Waals surface area contributed by atoms with Crippen LogP contribution in [0, 0.1) is 11.8 Å². The van der Waals surface area contributed by atoms with Crippen LogP contribution in [0.3, 0.4) is 0 Å². The van der Waals surface area contributed by atoms with Crippen molar-refractivity contribution in [1.82, 2.24) is 0 Å². The van der Waals surface area contributed by atoms with Crippen molar-refractivity contribution in [1.29, 1.82) is 0 Å². The van der Waals surface area contributed by atoms with Gasteiger partial charge in [0.1, 0.15) is 23.0 Å². The minimum Gasteiger partial charge on any atom is -0.475 e. The Labute approximate surface area is 231 Å². The average molecular weight is 645 g/mol. The first-order valence-electron chi connectivity index (χ1n) is 11.3. The van der Waals surface area contributed by atoms with Crippen molar-refractivity contribution in [3.05, 3.63) is 59.7 Å². The molecule has 2 aromatic carbocycles. The van der Waals surface area contributed by atoms with Gasteiger partial charge in [0.15, 0.2) is 0 Å². The van der Waals surface area contributed by atoms with E-state index in [0.29, 0.717) is 36.2 Å². The summed E-state index contributed by atoms with van der Waals surface area (Å²) < 4.78 is 74.3. The van der Waals surface area contributed by atoms with E-state index in [1.807, 2.05) is 27.7 Å². The van der Waals surface area contributed by atoms with Gasteiger partial charge in [0, 0.05) is 20.4 Å². The van der Waals surface area contributed by atoms with E-state index < -0.39 is 20.2 Å². The summed E-state index contributed by atoms with van der Waals surface area (Å²) in [5.41, 5.74) is 0.617. The van der Waals surface area contributed by atoms with Gasteiger partial charge in [-0.1, -0.05) is 52.0 Å². The molecule has 0 amide bonds. The number of aliphatic imine (C=N–C) groups is 2. The molecule has 0 aliphatic carbocycles. The molecule has 2 aromatic rings. The molecule has 13 heteroatoms. The molecule has 206 valence electrons. The zero-order valence-corrected chi connectivity index (χ0v) is 23.9. The van der Waals surface area contributed by atoms with Crippen LogP contribution in [0.5, 0.6) is 0 Å². The summed E-state index contributed by atoms with van der Waals surface area (Å²) in [4.78, 5) is 8.36. The quantitative estimate of drug-likeness (QED) is 0.358. The summed E-state index contributed by atoms with van der Waals surface area (Å²) in [6.45, 7) is 8.97. The first-order valence-corrected chi connectivity index (χ1v) is 14.2. The molecule has 4 rings (SSSR count). The Morgan fingerprint density at radius 2 is 1.03 bits per heavy atom. The van der Waals surface area contributed by atoms with Crippen LogP contribution in [0.25, 0.3) is 0 Å². The van der Waals surface area contributed by atoms with Gasteiger partial charge in [-0.3, -0.25) is 9.11 Å². The first-order chi connectivity index (χ1) is 16.8. The second kappa shape index (κ2) is 12.6. The molecule has 0 spiro atoms. The molecule has 10 nitrogen and oxygen atoms in total. The molecular weight excluding hydrogens is 615 g/mol. The van der Waals surface area contributed by atoms with E-state index in [0.717, 1.165) is 0 Å². The van der Waals surface area contributed by atoms with Gasteiger partial charge in [-0.25, -0.2) is 9.98 Å². The van der Waals surface area contributed by atoms with E-state index in [1.165, 1.54) is 12.1 Å². The fourth-order valence-electron chi connectivity index (χ4n) is 3.49. The smallest absolute Gasteiger partial charge is 0.295 e. The predicted molar refractivity (Wildman–Crippen MR) is 135 cm³/mol. The molecule has 2 aliphatic heterocycles. The minimum atomic E-state index is -4.27. The molecule has 2 aliphatic rings. The number of ether oxygens (including phenoxy) is 2. The third kappa shape index (κ3) is 7.92. The van der Waals surface area contributed by atoms with Crippen LogP contribution in [0.15, 0.2) is 68.3 Å². The molecular formula is C24H30N2O8PdS2. The third-order valence-corrected chi connectivity index (χ3v) is 7.50. The summed E-state index contributed by atoms with van der Waals surface area (Å²) in [6.07, 6.45) is 0. The van der Waals surface area contributed by atoms with Crippen LogP contribution in [-0.2, 0) is 50.1 Å². The molecule has 0 bridgehead atoms. The molecule has 0 fully saturated rings. The Morgan fingerprint density at radius 3 is 1.30 bits per heavy atom. The van der Waals surface area contributed by atoms with Gasteiger partial charge in [-0.2, -0.15) is 16.8 Å². The van der Waals surface area contributed by atoms with Crippen LogP contribution in [0.2, 0.25) is 0 Å². The number of benzene rings is 2. The SMILES string of the molecule is CC(C)[C@H]1COC(c2ccccc2S(=O)(=O)O)=N1.CC(C)[C@H]1COC(c2ccccc2S(=O)(=O)O)=N1.[Pd]. The second-order valence-corrected chi connectivity index (χ2v) is 11.8. The van der Waals surface area contributed by atoms with Crippen LogP contribution in [0.4, 0.5) is 0 Å². The van der Waals surface area contributed by atoms with Crippen molar-refractivity contribution < 1.29 is 55.8 Å². The van der Waals surface area contributed by atoms with Crippen LogP contribution >= 0.6 is 0 Å². The molecule has 2 N–H and O–H groups in total. The van der Waals surface area contributed by atoms with Crippen molar-refractivity contribution in [3.63, 3.8) is 0 Å². The fraction of sp³-hybridized carbons (Fsp3) is 0.417. The van der Waals surface area contributed by atoms with Crippen LogP contribution < -0.4 is 0 Å². The summed E-state index contributed by atoms with van der Waals surface area (Å²) in [5, 5.41) is 0. The van der Waals surface area contributed by atoms with Crippen molar-refractivity contribution in [2.24, 2.45) is 21.8 Å². The van der Waals surface area contributed by atoms with E-state index in [4.69, 9.17) is 18.6 Å². The van der Waals surface area contributed by atoms with Gasteiger partial charge < -0.3 is 9.47 Å². The second-order valence-electron chi connectivity index (χ2n) is 9.06. The molecule has 2 heterocycles. The number of rotatable bonds is 6. The zero-order valence-electron chi connectivity index (χ0n) is 20.7. The molecule has 2 atom stereocenters. The van der Waals surface area contributed by atoms with E-state index in [-0.39, 0.29) is 54.1 Å². The summed E-state index contributed by atoms with van der Waals surface area (Å²) in [7, 11) is -8.54. The summed E-state index contributed by atoms with van der Waals surface area (Å²) >= 11 is 0. The Hall–Kier alpha value is -2.14. The Kier molecular flexibility index (Phi) is 10.6. The zero-order chi connectivity index (χ0) is 26.7. The number of hydrogen-bond acceptors (Lipinski definition) is 8. The standard InChI is InChI=1S/2C12H15NO4S.Pd/c2*1-8(2)10-7-17-12(13-10)9-5-3-4-6-11(9)18(14,15)16;/h2*3-6,8,10H,7H2,1-2H3,(H,14,15,16);/t2*10-;/m11./s1. The first kappa shape index (κ1) is 31.1. The van der Waals surface area contributed by atoms with Crippen LogP contribution in [-0.4, -0.2) is 63.0 Å². The third-order valence-electron chi connectivity index (χ3n) is 5.68. The topological polar surface area (TPSA) is 152 Å². The summed E-state index contributed by atoms with van der Waals surface area (Å²) in [5.74, 6) is 1.20. The van der Waals surface area contributed by atoms with Crippen molar-refractivity contribution in [2.75, 3.05) is 13.2 Å². The molecule has 0 radical (unpaired) electrons. The van der Waals surface area contributed by atoms with Crippen molar-refractivity contribution >= 4 is 32.0 Å². The van der Waals surface area contributed by atoms with E-state index in [2.05, 4.69) is 9.98 Å². The van der Waals surface area contributed by atoms with Crippen LogP contribution in [0.1, 0.15) is 38.8 Å². The number of nitrogens with zero attached hydrogens (tertiary/aromatic N) is 2. The van der Waals surface area contributed by atoms with Crippen molar-refractivity contribution in [2.45, 2.75) is 49.6 Å². The largest absolute Gasteiger partial charge is 0.475 e. The van der Waals surface area contributed by atoms with E-state index >= 15 is 0 Å². The predicted octanol–water partition coefficient (Wildman–Crippen LogP) is 3.47. The molecule has 0 saturated heterocycles. The molecule has 0 unspecified atom stereocenters. The molecule has 0 saturated carbocycles. The van der Waals surface area contributed by atoms with Gasteiger partial charge in [0.25, 0.3) is 20.2 Å². The van der Waals surface area contributed by atoms with E-state index in [1.54, 1.807) is 36.4 Å². The Bertz CT molecular complexity index is 1270. The van der Waals surface area contributed by atoms with Gasteiger partial charge in [0.2, 0.25) is 11.8 Å². The van der Waals surface area contributed by atoms with Gasteiger partial charge in [-0.05, 0) is 36.1 Å². The normalized spacial score (nSPS) is 19.2. The maximum Gasteiger partial charge on any atom is 0.295 e. The van der Waals surface area contributed by atoms with Gasteiger partial charge >= 0.3 is 0 Å². The maximum absolute atomic E-state index is 11.3. The van der Waals surface area contributed by atoms with Crippen molar-refractivity contribution in [3.8, 4) is 0 Å². The molecule has 37 heavy (non-hydrogen) atoms. The average Bonchev–Trinajstić information content (AvgIpc) is 3.49. The minimum absolute atomic E-state index is 0. The molecule has 0 aromatic heterocycles.